The van der Waals surface area contributed by atoms with E-state index in [1.54, 1.807) is 0 Å². The Balaban J connectivity index is 3.28. The van der Waals surface area contributed by atoms with E-state index in [1.807, 2.05) is 0 Å². The van der Waals surface area contributed by atoms with Crippen molar-refractivity contribution in [3.63, 3.8) is 0 Å². The molecular formula is C8H7F4NO2. The van der Waals surface area contributed by atoms with Crippen LogP contribution in [-0.4, -0.2) is 11.1 Å². The maximum atomic E-state index is 13.3. The summed E-state index contributed by atoms with van der Waals surface area (Å²) in [7, 11) is 0. The minimum atomic E-state index is -4.84. The number of halogens is 4. The van der Waals surface area contributed by atoms with Crippen LogP contribution in [0.2, 0.25) is 0 Å². The molecule has 0 fully saturated rings. The summed E-state index contributed by atoms with van der Waals surface area (Å²) in [4.78, 5) is 9.11. The maximum Gasteiger partial charge on any atom is 0.401 e. The van der Waals surface area contributed by atoms with Crippen molar-refractivity contribution in [1.82, 2.24) is 0 Å². The molecule has 0 aromatic rings. The predicted molar refractivity (Wildman–Crippen MR) is 43.0 cm³/mol. The highest BCUT2D eigenvalue weighted by atomic mass is 19.4. The van der Waals surface area contributed by atoms with Crippen molar-refractivity contribution in [3.8, 4) is 0 Å². The van der Waals surface area contributed by atoms with Gasteiger partial charge in [0.2, 0.25) is 0 Å². The van der Waals surface area contributed by atoms with Gasteiger partial charge in [0.25, 0.3) is 0 Å². The van der Waals surface area contributed by atoms with Gasteiger partial charge in [-0.2, -0.15) is 13.2 Å². The molecule has 1 unspecified atom stereocenters. The van der Waals surface area contributed by atoms with Gasteiger partial charge >= 0.3 is 11.9 Å². The maximum absolute atomic E-state index is 13.3. The summed E-state index contributed by atoms with van der Waals surface area (Å²) >= 11 is 0. The molecule has 0 amide bonds. The Labute approximate surface area is 82.2 Å². The molecule has 0 aromatic heterocycles. The van der Waals surface area contributed by atoms with Crippen LogP contribution >= 0.6 is 0 Å². The summed E-state index contributed by atoms with van der Waals surface area (Å²) in [6.45, 7) is 0.606. The van der Waals surface area contributed by atoms with Gasteiger partial charge < -0.3 is 0 Å². The lowest BCUT2D eigenvalue weighted by molar-refractivity contribution is -0.423. The molecule has 3 nitrogen and oxygen atoms in total. The highest BCUT2D eigenvalue weighted by molar-refractivity contribution is 5.27. The summed E-state index contributed by atoms with van der Waals surface area (Å²) < 4.78 is 50.8. The van der Waals surface area contributed by atoms with Crippen LogP contribution in [0.25, 0.3) is 0 Å². The summed E-state index contributed by atoms with van der Waals surface area (Å²) in [6.07, 6.45) is -3.76. The Hall–Kier alpha value is -1.40. The van der Waals surface area contributed by atoms with E-state index in [4.69, 9.17) is 0 Å². The minimum absolute atomic E-state index is 0.606. The van der Waals surface area contributed by atoms with Gasteiger partial charge in [-0.15, -0.1) is 0 Å². The van der Waals surface area contributed by atoms with E-state index in [-0.39, 0.29) is 0 Å². The second kappa shape index (κ2) is 3.32. The van der Waals surface area contributed by atoms with E-state index in [2.05, 4.69) is 0 Å². The van der Waals surface area contributed by atoms with Crippen LogP contribution in [0.1, 0.15) is 13.3 Å². The Kier molecular flexibility index (Phi) is 2.58. The molecule has 0 N–H and O–H groups in total. The number of alkyl halides is 3. The van der Waals surface area contributed by atoms with Crippen molar-refractivity contribution in [3.05, 3.63) is 33.8 Å². The topological polar surface area (TPSA) is 43.1 Å². The smallest absolute Gasteiger partial charge is 0.258 e. The molecule has 0 saturated carbocycles. The summed E-state index contributed by atoms with van der Waals surface area (Å²) in [5.74, 6) is -1.73. The van der Waals surface area contributed by atoms with Crippen LogP contribution in [0.5, 0.6) is 0 Å². The van der Waals surface area contributed by atoms with Crippen molar-refractivity contribution >= 4 is 0 Å². The second-order valence-electron chi connectivity index (χ2n) is 3.39. The number of hydrogen-bond donors (Lipinski definition) is 0. The molecule has 1 aliphatic carbocycles. The predicted octanol–water partition coefficient (Wildman–Crippen LogP) is 2.97. The molecule has 0 spiro atoms. The van der Waals surface area contributed by atoms with Gasteiger partial charge in [0, 0.05) is 6.08 Å². The first-order valence-corrected chi connectivity index (χ1v) is 3.98. The number of allylic oxidation sites excluding steroid dienone is 3. The first-order valence-electron chi connectivity index (χ1n) is 3.98. The van der Waals surface area contributed by atoms with Gasteiger partial charge in [-0.1, -0.05) is 6.08 Å². The molecule has 1 aliphatic rings. The Morgan fingerprint density at radius 3 is 2.47 bits per heavy atom. The van der Waals surface area contributed by atoms with Gasteiger partial charge in [-0.25, -0.2) is 4.39 Å². The van der Waals surface area contributed by atoms with E-state index in [9.17, 15) is 27.7 Å². The van der Waals surface area contributed by atoms with Crippen molar-refractivity contribution in [2.75, 3.05) is 0 Å². The Bertz CT molecular complexity index is 358. The van der Waals surface area contributed by atoms with Gasteiger partial charge in [-0.3, -0.25) is 10.1 Å². The SMILES string of the molecule is CC1(C(F)(F)F)CC=CC([N+](=O)[O-])=C1F. The average molecular weight is 225 g/mol. The number of hydrogen-bond acceptors (Lipinski definition) is 2. The van der Waals surface area contributed by atoms with Crippen LogP contribution in [0, 0.1) is 15.5 Å². The van der Waals surface area contributed by atoms with Crippen LogP contribution in [0.3, 0.4) is 0 Å². The first-order chi connectivity index (χ1) is 6.70. The molecule has 0 aliphatic heterocycles. The van der Waals surface area contributed by atoms with Crippen molar-refractivity contribution < 1.29 is 22.5 Å². The Morgan fingerprint density at radius 2 is 2.07 bits per heavy atom. The third kappa shape index (κ3) is 1.73. The lowest BCUT2D eigenvalue weighted by Crippen LogP contribution is -2.37. The fourth-order valence-electron chi connectivity index (χ4n) is 1.23. The monoisotopic (exact) mass is 225 g/mol. The minimum Gasteiger partial charge on any atom is -0.258 e. The molecule has 84 valence electrons. The molecule has 1 atom stereocenters. The summed E-state index contributed by atoms with van der Waals surface area (Å²) in [5, 5.41) is 10.3. The molecule has 0 saturated heterocycles. The van der Waals surface area contributed by atoms with Crippen LogP contribution in [0.15, 0.2) is 23.7 Å². The standard InChI is InChI=1S/C8H7F4NO2/c1-7(8(10,11)12)4-2-3-5(6(7)9)13(14)15/h2-3H,4H2,1H3. The van der Waals surface area contributed by atoms with Gasteiger partial charge in [0.05, 0.1) is 4.92 Å². The molecule has 15 heavy (non-hydrogen) atoms. The zero-order chi connectivity index (χ0) is 11.9. The normalized spacial score (nSPS) is 27.0. The van der Waals surface area contributed by atoms with Gasteiger partial charge in [-0.05, 0) is 13.3 Å². The molecule has 1 rings (SSSR count). The van der Waals surface area contributed by atoms with Crippen molar-refractivity contribution in [2.45, 2.75) is 19.5 Å². The molecular weight excluding hydrogens is 218 g/mol. The summed E-state index contributed by atoms with van der Waals surface area (Å²) in [6, 6.07) is 0. The fraction of sp³-hybridized carbons (Fsp3) is 0.500. The zero-order valence-corrected chi connectivity index (χ0v) is 7.64. The average Bonchev–Trinajstić information content (AvgIpc) is 2.07. The van der Waals surface area contributed by atoms with E-state index in [1.165, 1.54) is 0 Å². The zero-order valence-electron chi connectivity index (χ0n) is 7.64. The quantitative estimate of drug-likeness (QED) is 0.391. The summed E-state index contributed by atoms with van der Waals surface area (Å²) in [5.41, 5.74) is -3.91. The van der Waals surface area contributed by atoms with Crippen molar-refractivity contribution in [2.24, 2.45) is 5.41 Å². The van der Waals surface area contributed by atoms with Crippen LogP contribution < -0.4 is 0 Å². The lowest BCUT2D eigenvalue weighted by Gasteiger charge is -2.30. The second-order valence-corrected chi connectivity index (χ2v) is 3.39. The number of nitro groups is 1. The number of nitrogens with zero attached hydrogens (tertiary/aromatic N) is 1. The molecule has 7 heteroatoms. The molecule has 0 bridgehead atoms. The molecule has 0 heterocycles. The van der Waals surface area contributed by atoms with Crippen LogP contribution in [-0.2, 0) is 0 Å². The third-order valence-corrected chi connectivity index (χ3v) is 2.33. The van der Waals surface area contributed by atoms with E-state index in [0.717, 1.165) is 12.2 Å². The highest BCUT2D eigenvalue weighted by Crippen LogP contribution is 2.50. The van der Waals surface area contributed by atoms with Crippen molar-refractivity contribution in [1.29, 1.82) is 0 Å². The van der Waals surface area contributed by atoms with E-state index < -0.39 is 34.5 Å². The molecule has 0 radical (unpaired) electrons. The lowest BCUT2D eigenvalue weighted by atomic mass is 9.81. The highest BCUT2D eigenvalue weighted by Gasteiger charge is 2.57. The fourth-order valence-corrected chi connectivity index (χ4v) is 1.23. The van der Waals surface area contributed by atoms with Gasteiger partial charge in [0.15, 0.2) is 5.83 Å². The Morgan fingerprint density at radius 1 is 1.53 bits per heavy atom. The number of rotatable bonds is 1. The first kappa shape index (κ1) is 11.7. The van der Waals surface area contributed by atoms with Crippen LogP contribution in [0.4, 0.5) is 17.6 Å². The van der Waals surface area contributed by atoms with Gasteiger partial charge in [0.1, 0.15) is 5.41 Å². The largest absolute Gasteiger partial charge is 0.401 e. The van der Waals surface area contributed by atoms with E-state index in [0.29, 0.717) is 6.92 Å². The van der Waals surface area contributed by atoms with E-state index >= 15 is 0 Å². The molecule has 0 aromatic carbocycles. The third-order valence-electron chi connectivity index (χ3n) is 2.33.